The van der Waals surface area contributed by atoms with Crippen molar-refractivity contribution in [3.8, 4) is 0 Å². The molecule has 0 atom stereocenters. The molecule has 18 heavy (non-hydrogen) atoms. The summed E-state index contributed by atoms with van der Waals surface area (Å²) in [5.74, 6) is 0.992. The van der Waals surface area contributed by atoms with Crippen molar-refractivity contribution in [2.45, 2.75) is 13.0 Å². The maximum atomic E-state index is 5.57. The highest BCUT2D eigenvalue weighted by atomic mass is 32.1. The Labute approximate surface area is 115 Å². The second kappa shape index (κ2) is 4.66. The molecule has 0 bridgehead atoms. The van der Waals surface area contributed by atoms with Gasteiger partial charge < -0.3 is 10.6 Å². The fraction of sp³-hybridized carbons (Fsp3) is 0.231. The first-order valence-corrected chi connectivity index (χ1v) is 7.09. The Balaban J connectivity index is 1.82. The minimum atomic E-state index is 0.396. The van der Waals surface area contributed by atoms with Gasteiger partial charge in [-0.1, -0.05) is 12.2 Å². The maximum absolute atomic E-state index is 5.57. The van der Waals surface area contributed by atoms with E-state index in [1.54, 1.807) is 6.20 Å². The molecule has 3 rings (SSSR count). The van der Waals surface area contributed by atoms with Crippen LogP contribution in [-0.4, -0.2) is 16.5 Å². The molecule has 92 valence electrons. The van der Waals surface area contributed by atoms with Crippen LogP contribution in [0.3, 0.4) is 0 Å². The molecule has 3 nitrogen and oxygen atoms in total. The molecule has 3 heterocycles. The number of hydrogen-bond donors (Lipinski definition) is 1. The summed E-state index contributed by atoms with van der Waals surface area (Å²) in [5, 5.41) is 2.16. The molecular weight excluding hydrogens is 262 g/mol. The first-order valence-electron chi connectivity index (χ1n) is 5.80. The van der Waals surface area contributed by atoms with Gasteiger partial charge in [-0.2, -0.15) is 0 Å². The van der Waals surface area contributed by atoms with Gasteiger partial charge in [-0.3, -0.25) is 0 Å². The lowest BCUT2D eigenvalue weighted by atomic mass is 10.1. The molecule has 2 N–H and O–H groups in total. The van der Waals surface area contributed by atoms with Crippen molar-refractivity contribution in [3.05, 3.63) is 45.8 Å². The van der Waals surface area contributed by atoms with Gasteiger partial charge in [0.25, 0.3) is 0 Å². The Morgan fingerprint density at radius 2 is 2.28 bits per heavy atom. The highest BCUT2D eigenvalue weighted by Gasteiger charge is 2.18. The van der Waals surface area contributed by atoms with Gasteiger partial charge >= 0.3 is 0 Å². The maximum Gasteiger partial charge on any atom is 0.128 e. The molecule has 0 amide bonds. The van der Waals surface area contributed by atoms with Crippen LogP contribution in [0.25, 0.3) is 0 Å². The average molecular weight is 275 g/mol. The molecule has 1 aliphatic heterocycles. The van der Waals surface area contributed by atoms with Gasteiger partial charge in [-0.15, -0.1) is 11.3 Å². The number of rotatable bonds is 2. The zero-order valence-electron chi connectivity index (χ0n) is 9.80. The van der Waals surface area contributed by atoms with Crippen LogP contribution in [0.4, 0.5) is 5.82 Å². The molecule has 0 radical (unpaired) electrons. The standard InChI is InChI=1S/C13H13N3S2/c14-13(17)9-1-2-12(15-7-9)16-5-3-11-10(8-16)4-6-18-11/h1-2,4,6-7H,3,5,8H2,(H2,14,17). The van der Waals surface area contributed by atoms with Crippen LogP contribution in [0.15, 0.2) is 29.8 Å². The van der Waals surface area contributed by atoms with E-state index in [0.29, 0.717) is 4.99 Å². The Morgan fingerprint density at radius 1 is 1.39 bits per heavy atom. The van der Waals surface area contributed by atoms with E-state index in [1.807, 2.05) is 23.5 Å². The summed E-state index contributed by atoms with van der Waals surface area (Å²) in [6, 6.07) is 6.13. The van der Waals surface area contributed by atoms with Crippen molar-refractivity contribution >= 4 is 34.4 Å². The lowest BCUT2D eigenvalue weighted by molar-refractivity contribution is 0.732. The van der Waals surface area contributed by atoms with Crippen LogP contribution in [0.5, 0.6) is 0 Å². The molecular formula is C13H13N3S2. The molecule has 0 aromatic carbocycles. The van der Waals surface area contributed by atoms with Crippen LogP contribution in [0.2, 0.25) is 0 Å². The number of thiophene rings is 1. The minimum Gasteiger partial charge on any atom is -0.389 e. The van der Waals surface area contributed by atoms with E-state index in [2.05, 4.69) is 21.3 Å². The molecule has 0 saturated heterocycles. The summed E-state index contributed by atoms with van der Waals surface area (Å²) >= 11 is 6.78. The number of anilines is 1. The number of thiocarbonyl (C=S) groups is 1. The van der Waals surface area contributed by atoms with Crippen LogP contribution >= 0.6 is 23.6 Å². The Bertz CT molecular complexity index is 574. The van der Waals surface area contributed by atoms with Gasteiger partial charge in [0.05, 0.1) is 0 Å². The normalized spacial score (nSPS) is 14.3. The van der Waals surface area contributed by atoms with Crippen molar-refractivity contribution in [3.63, 3.8) is 0 Å². The topological polar surface area (TPSA) is 42.1 Å². The van der Waals surface area contributed by atoms with Crippen molar-refractivity contribution < 1.29 is 0 Å². The molecule has 2 aromatic heterocycles. The molecule has 5 heteroatoms. The predicted octanol–water partition coefficient (Wildman–Crippen LogP) is 2.34. The van der Waals surface area contributed by atoms with Crippen molar-refractivity contribution in [1.29, 1.82) is 0 Å². The molecule has 0 spiro atoms. The number of hydrogen-bond acceptors (Lipinski definition) is 4. The largest absolute Gasteiger partial charge is 0.389 e. The smallest absolute Gasteiger partial charge is 0.128 e. The van der Waals surface area contributed by atoms with E-state index >= 15 is 0 Å². The van der Waals surface area contributed by atoms with Crippen LogP contribution < -0.4 is 10.6 Å². The third-order valence-corrected chi connectivity index (χ3v) is 4.42. The molecule has 1 aliphatic rings. The van der Waals surface area contributed by atoms with Crippen molar-refractivity contribution in [2.24, 2.45) is 5.73 Å². The number of nitrogens with two attached hydrogens (primary N) is 1. The van der Waals surface area contributed by atoms with E-state index in [9.17, 15) is 0 Å². The number of fused-ring (bicyclic) bond motifs is 1. The van der Waals surface area contributed by atoms with E-state index in [0.717, 1.165) is 30.9 Å². The van der Waals surface area contributed by atoms with Gasteiger partial charge in [0.1, 0.15) is 10.8 Å². The zero-order valence-corrected chi connectivity index (χ0v) is 11.4. The fourth-order valence-electron chi connectivity index (χ4n) is 2.16. The van der Waals surface area contributed by atoms with E-state index in [-0.39, 0.29) is 0 Å². The summed E-state index contributed by atoms with van der Waals surface area (Å²) in [5.41, 5.74) is 7.81. The number of pyridine rings is 1. The molecule has 0 aliphatic carbocycles. The second-order valence-electron chi connectivity index (χ2n) is 4.31. The third kappa shape index (κ3) is 2.11. The molecule has 0 saturated carbocycles. The van der Waals surface area contributed by atoms with Crippen LogP contribution in [0.1, 0.15) is 16.0 Å². The third-order valence-electron chi connectivity index (χ3n) is 3.16. The lowest BCUT2D eigenvalue weighted by Crippen LogP contribution is -2.30. The quantitative estimate of drug-likeness (QED) is 0.854. The first kappa shape index (κ1) is 11.6. The van der Waals surface area contributed by atoms with Gasteiger partial charge in [0, 0.05) is 29.7 Å². The summed E-state index contributed by atoms with van der Waals surface area (Å²) < 4.78 is 0. The summed E-state index contributed by atoms with van der Waals surface area (Å²) in [7, 11) is 0. The lowest BCUT2D eigenvalue weighted by Gasteiger charge is -2.28. The van der Waals surface area contributed by atoms with Gasteiger partial charge in [0.2, 0.25) is 0 Å². The van der Waals surface area contributed by atoms with Gasteiger partial charge in [-0.25, -0.2) is 4.98 Å². The highest BCUT2D eigenvalue weighted by molar-refractivity contribution is 7.80. The van der Waals surface area contributed by atoms with Gasteiger partial charge in [-0.05, 0) is 35.6 Å². The van der Waals surface area contributed by atoms with E-state index in [1.165, 1.54) is 10.4 Å². The average Bonchev–Trinajstić information content (AvgIpc) is 2.86. The van der Waals surface area contributed by atoms with Crippen molar-refractivity contribution in [1.82, 2.24) is 4.98 Å². The zero-order chi connectivity index (χ0) is 12.5. The fourth-order valence-corrected chi connectivity index (χ4v) is 3.17. The molecule has 2 aromatic rings. The SMILES string of the molecule is NC(=S)c1ccc(N2CCc3sccc3C2)nc1. The molecule has 0 unspecified atom stereocenters. The van der Waals surface area contributed by atoms with E-state index < -0.39 is 0 Å². The number of aromatic nitrogens is 1. The Kier molecular flexibility index (Phi) is 3.01. The predicted molar refractivity (Wildman–Crippen MR) is 79.2 cm³/mol. The second-order valence-corrected chi connectivity index (χ2v) is 5.75. The summed E-state index contributed by atoms with van der Waals surface area (Å²) in [6.45, 7) is 1.96. The van der Waals surface area contributed by atoms with Gasteiger partial charge in [0.15, 0.2) is 0 Å². The number of nitrogens with zero attached hydrogens (tertiary/aromatic N) is 2. The first-order chi connectivity index (χ1) is 8.74. The van der Waals surface area contributed by atoms with Crippen LogP contribution in [0, 0.1) is 0 Å². The van der Waals surface area contributed by atoms with Crippen LogP contribution in [-0.2, 0) is 13.0 Å². The molecule has 0 fully saturated rings. The summed E-state index contributed by atoms with van der Waals surface area (Å²) in [6.07, 6.45) is 2.85. The van der Waals surface area contributed by atoms with Crippen molar-refractivity contribution in [2.75, 3.05) is 11.4 Å². The Hall–Kier alpha value is -1.46. The monoisotopic (exact) mass is 275 g/mol. The summed E-state index contributed by atoms with van der Waals surface area (Å²) in [4.78, 5) is 8.63. The van der Waals surface area contributed by atoms with E-state index in [4.69, 9.17) is 18.0 Å². The highest BCUT2D eigenvalue weighted by Crippen LogP contribution is 2.26. The minimum absolute atomic E-state index is 0.396. The Morgan fingerprint density at radius 3 is 3.00 bits per heavy atom.